The number of halogens is 1. The highest BCUT2D eigenvalue weighted by Gasteiger charge is 2.12. The van der Waals surface area contributed by atoms with Crippen LogP contribution in [-0.4, -0.2) is 10.8 Å². The number of rotatable bonds is 3. The highest BCUT2D eigenvalue weighted by molar-refractivity contribution is 6.04. The number of aryl methyl sites for hydroxylation is 1. The predicted molar refractivity (Wildman–Crippen MR) is 72.2 cm³/mol. The van der Waals surface area contributed by atoms with E-state index in [-0.39, 0.29) is 5.69 Å². The molecule has 2 rings (SSSR count). The van der Waals surface area contributed by atoms with Crippen molar-refractivity contribution >= 4 is 17.3 Å². The third kappa shape index (κ3) is 2.97. The third-order valence-corrected chi connectivity index (χ3v) is 2.76. The van der Waals surface area contributed by atoms with Gasteiger partial charge in [0.2, 0.25) is 0 Å². The van der Waals surface area contributed by atoms with Crippen molar-refractivity contribution in [2.75, 3.05) is 5.32 Å². The molecule has 0 saturated heterocycles. The van der Waals surface area contributed by atoms with Crippen LogP contribution >= 0.6 is 0 Å². The van der Waals surface area contributed by atoms with E-state index in [0.29, 0.717) is 16.8 Å². The summed E-state index contributed by atoms with van der Waals surface area (Å²) in [5.41, 5.74) is 1.20. The van der Waals surface area contributed by atoms with Gasteiger partial charge in [0.25, 0.3) is 11.6 Å². The molecule has 0 radical (unpaired) electrons. The van der Waals surface area contributed by atoms with Crippen LogP contribution in [0.1, 0.15) is 15.9 Å². The Labute approximate surface area is 114 Å². The average molecular weight is 274 g/mol. The third-order valence-electron chi connectivity index (χ3n) is 2.76. The van der Waals surface area contributed by atoms with E-state index in [1.54, 1.807) is 6.92 Å². The maximum Gasteiger partial charge on any atom is 0.272 e. The summed E-state index contributed by atoms with van der Waals surface area (Å²) in [6.07, 6.45) is 0. The standard InChI is InChI=1S/C14H11FN2O3/c1-9-8-12(6-7-13(9)17(19)20)16-14(18)10-2-4-11(15)5-3-10/h2-8H,1H3,(H,16,18). The van der Waals surface area contributed by atoms with Crippen molar-refractivity contribution in [3.05, 3.63) is 69.5 Å². The molecule has 102 valence electrons. The van der Waals surface area contributed by atoms with Gasteiger partial charge in [0, 0.05) is 22.9 Å². The fourth-order valence-corrected chi connectivity index (χ4v) is 1.74. The second-order valence-electron chi connectivity index (χ2n) is 4.22. The van der Waals surface area contributed by atoms with Gasteiger partial charge in [0.1, 0.15) is 5.82 Å². The number of carbonyl (C=O) groups is 1. The molecular formula is C14H11FN2O3. The lowest BCUT2D eigenvalue weighted by atomic mass is 10.1. The van der Waals surface area contributed by atoms with E-state index in [1.807, 2.05) is 0 Å². The van der Waals surface area contributed by atoms with Gasteiger partial charge in [-0.15, -0.1) is 0 Å². The Morgan fingerprint density at radius 2 is 1.85 bits per heavy atom. The number of anilines is 1. The van der Waals surface area contributed by atoms with E-state index >= 15 is 0 Å². The van der Waals surface area contributed by atoms with Crippen molar-refractivity contribution in [3.8, 4) is 0 Å². The number of carbonyl (C=O) groups excluding carboxylic acids is 1. The van der Waals surface area contributed by atoms with Crippen molar-refractivity contribution in [3.63, 3.8) is 0 Å². The maximum atomic E-state index is 12.8. The number of nitro groups is 1. The molecule has 0 atom stereocenters. The average Bonchev–Trinajstić information content (AvgIpc) is 2.39. The van der Waals surface area contributed by atoms with Crippen molar-refractivity contribution in [1.29, 1.82) is 0 Å². The summed E-state index contributed by atoms with van der Waals surface area (Å²) in [6.45, 7) is 1.59. The molecule has 0 unspecified atom stereocenters. The van der Waals surface area contributed by atoms with E-state index in [9.17, 15) is 19.3 Å². The van der Waals surface area contributed by atoms with Crippen LogP contribution in [0.2, 0.25) is 0 Å². The van der Waals surface area contributed by atoms with Gasteiger partial charge in [-0.1, -0.05) is 0 Å². The molecule has 1 amide bonds. The molecule has 0 aliphatic rings. The van der Waals surface area contributed by atoms with Crippen molar-refractivity contribution in [1.82, 2.24) is 0 Å². The van der Waals surface area contributed by atoms with Crippen molar-refractivity contribution in [2.24, 2.45) is 0 Å². The molecule has 1 N–H and O–H groups in total. The normalized spacial score (nSPS) is 10.1. The molecule has 5 nitrogen and oxygen atoms in total. The zero-order valence-corrected chi connectivity index (χ0v) is 10.6. The van der Waals surface area contributed by atoms with Gasteiger partial charge in [0.05, 0.1) is 4.92 Å². The van der Waals surface area contributed by atoms with Gasteiger partial charge in [-0.05, 0) is 43.3 Å². The van der Waals surface area contributed by atoms with Gasteiger partial charge in [0.15, 0.2) is 0 Å². The smallest absolute Gasteiger partial charge is 0.272 e. The summed E-state index contributed by atoms with van der Waals surface area (Å²) in [4.78, 5) is 22.1. The summed E-state index contributed by atoms with van der Waals surface area (Å²) >= 11 is 0. The molecule has 0 aliphatic carbocycles. The topological polar surface area (TPSA) is 72.2 Å². The first-order valence-corrected chi connectivity index (χ1v) is 5.79. The first-order valence-electron chi connectivity index (χ1n) is 5.79. The number of benzene rings is 2. The monoisotopic (exact) mass is 274 g/mol. The largest absolute Gasteiger partial charge is 0.322 e. The summed E-state index contributed by atoms with van der Waals surface area (Å²) < 4.78 is 12.8. The number of hydrogen-bond donors (Lipinski definition) is 1. The van der Waals surface area contributed by atoms with E-state index in [2.05, 4.69) is 5.32 Å². The van der Waals surface area contributed by atoms with Gasteiger partial charge < -0.3 is 5.32 Å². The van der Waals surface area contributed by atoms with Crippen molar-refractivity contribution in [2.45, 2.75) is 6.92 Å². The highest BCUT2D eigenvalue weighted by atomic mass is 19.1. The molecule has 2 aromatic rings. The van der Waals surface area contributed by atoms with Gasteiger partial charge in [-0.2, -0.15) is 0 Å². The number of nitrogens with zero attached hydrogens (tertiary/aromatic N) is 1. The molecule has 20 heavy (non-hydrogen) atoms. The Morgan fingerprint density at radius 3 is 2.40 bits per heavy atom. The lowest BCUT2D eigenvalue weighted by Gasteiger charge is -2.06. The van der Waals surface area contributed by atoms with E-state index in [4.69, 9.17) is 0 Å². The Bertz CT molecular complexity index is 669. The van der Waals surface area contributed by atoms with Crippen LogP contribution in [0.5, 0.6) is 0 Å². The molecule has 0 heterocycles. The van der Waals surface area contributed by atoms with Crippen LogP contribution in [0.15, 0.2) is 42.5 Å². The fraction of sp³-hybridized carbons (Fsp3) is 0.0714. The minimum Gasteiger partial charge on any atom is -0.322 e. The van der Waals surface area contributed by atoms with E-state index in [0.717, 1.165) is 0 Å². The number of nitrogens with one attached hydrogen (secondary N) is 1. The predicted octanol–water partition coefficient (Wildman–Crippen LogP) is 3.29. The fourth-order valence-electron chi connectivity index (χ4n) is 1.74. The second-order valence-corrected chi connectivity index (χ2v) is 4.22. The van der Waals surface area contributed by atoms with Crippen LogP contribution in [0, 0.1) is 22.9 Å². The Morgan fingerprint density at radius 1 is 1.20 bits per heavy atom. The number of nitro benzene ring substituents is 1. The molecule has 0 spiro atoms. The summed E-state index contributed by atoms with van der Waals surface area (Å²) in [5, 5.41) is 13.3. The maximum absolute atomic E-state index is 12.8. The quantitative estimate of drug-likeness (QED) is 0.689. The number of hydrogen-bond acceptors (Lipinski definition) is 3. The van der Waals surface area contributed by atoms with Crippen LogP contribution < -0.4 is 5.32 Å². The minimum atomic E-state index is -0.485. The summed E-state index contributed by atoms with van der Waals surface area (Å²) in [5.74, 6) is -0.828. The summed E-state index contributed by atoms with van der Waals surface area (Å²) in [7, 11) is 0. The van der Waals surface area contributed by atoms with Crippen LogP contribution in [0.25, 0.3) is 0 Å². The molecule has 0 aliphatic heterocycles. The molecule has 0 bridgehead atoms. The number of amides is 1. The summed E-state index contributed by atoms with van der Waals surface area (Å²) in [6, 6.07) is 9.40. The Balaban J connectivity index is 2.18. The first kappa shape index (κ1) is 13.7. The molecule has 0 saturated carbocycles. The zero-order chi connectivity index (χ0) is 14.7. The van der Waals surface area contributed by atoms with Gasteiger partial charge in [-0.25, -0.2) is 4.39 Å². The molecule has 2 aromatic carbocycles. The molecular weight excluding hydrogens is 263 g/mol. The first-order chi connectivity index (χ1) is 9.47. The van der Waals surface area contributed by atoms with E-state index in [1.165, 1.54) is 42.5 Å². The molecule has 6 heteroatoms. The molecule has 0 fully saturated rings. The minimum absolute atomic E-state index is 0.00946. The zero-order valence-electron chi connectivity index (χ0n) is 10.6. The van der Waals surface area contributed by atoms with Crippen LogP contribution in [0.3, 0.4) is 0 Å². The van der Waals surface area contributed by atoms with Crippen LogP contribution in [0.4, 0.5) is 15.8 Å². The van der Waals surface area contributed by atoms with Gasteiger partial charge >= 0.3 is 0 Å². The van der Waals surface area contributed by atoms with Crippen molar-refractivity contribution < 1.29 is 14.1 Å². The van der Waals surface area contributed by atoms with Gasteiger partial charge in [-0.3, -0.25) is 14.9 Å². The highest BCUT2D eigenvalue weighted by Crippen LogP contribution is 2.22. The molecule has 0 aromatic heterocycles. The Kier molecular flexibility index (Phi) is 3.74. The van der Waals surface area contributed by atoms with E-state index < -0.39 is 16.6 Å². The SMILES string of the molecule is Cc1cc(NC(=O)c2ccc(F)cc2)ccc1[N+](=O)[O-]. The van der Waals surface area contributed by atoms with Crippen LogP contribution in [-0.2, 0) is 0 Å². The second kappa shape index (κ2) is 5.48. The Hall–Kier alpha value is -2.76. The lowest BCUT2D eigenvalue weighted by Crippen LogP contribution is -2.12. The lowest BCUT2D eigenvalue weighted by molar-refractivity contribution is -0.385.